The van der Waals surface area contributed by atoms with E-state index in [9.17, 15) is 10.2 Å². The van der Waals surface area contributed by atoms with Gasteiger partial charge < -0.3 is 10.2 Å². The molecule has 1 aromatic heterocycles. The number of hydrogen-bond donors (Lipinski definition) is 2. The first-order valence-corrected chi connectivity index (χ1v) is 8.60. The average Bonchev–Trinajstić information content (AvgIpc) is 2.97. The third-order valence-electron chi connectivity index (χ3n) is 3.77. The molecule has 0 aliphatic carbocycles. The highest BCUT2D eigenvalue weighted by molar-refractivity contribution is 7.10. The Kier molecular flexibility index (Phi) is 8.83. The zero-order valence-electron chi connectivity index (χ0n) is 12.5. The fraction of sp³-hybridized carbons (Fsp3) is 0.647. The topological polar surface area (TPSA) is 40.5 Å². The summed E-state index contributed by atoms with van der Waals surface area (Å²) in [5, 5.41) is 22.5. The molecule has 114 valence electrons. The molecule has 1 rings (SSSR count). The Morgan fingerprint density at radius 1 is 1.20 bits per heavy atom. The van der Waals surface area contributed by atoms with E-state index in [4.69, 9.17) is 0 Å². The van der Waals surface area contributed by atoms with Gasteiger partial charge in [0.1, 0.15) is 0 Å². The van der Waals surface area contributed by atoms with E-state index < -0.39 is 12.2 Å². The molecular formula is C17H28O2S. The van der Waals surface area contributed by atoms with Gasteiger partial charge >= 0.3 is 0 Å². The van der Waals surface area contributed by atoms with Gasteiger partial charge in [0, 0.05) is 10.8 Å². The van der Waals surface area contributed by atoms with Gasteiger partial charge in [0.05, 0.1) is 12.2 Å². The maximum atomic E-state index is 10.3. The summed E-state index contributed by atoms with van der Waals surface area (Å²) in [6.07, 6.45) is 8.56. The predicted molar refractivity (Wildman–Crippen MR) is 87.0 cm³/mol. The second kappa shape index (κ2) is 10.1. The summed E-state index contributed by atoms with van der Waals surface area (Å²) in [6, 6.07) is 3.83. The molecule has 0 spiro atoms. The maximum Gasteiger partial charge on any atom is 0.0968 e. The SMILES string of the molecule is C=C[C@H]([C@@H](O)CCCCCCCC)[C@@H](O)c1cccs1. The lowest BCUT2D eigenvalue weighted by atomic mass is 9.91. The van der Waals surface area contributed by atoms with Crippen LogP contribution in [0.15, 0.2) is 30.2 Å². The summed E-state index contributed by atoms with van der Waals surface area (Å²) in [5.74, 6) is -0.274. The molecule has 3 atom stereocenters. The quantitative estimate of drug-likeness (QED) is 0.459. The highest BCUT2D eigenvalue weighted by Crippen LogP contribution is 2.30. The summed E-state index contributed by atoms with van der Waals surface area (Å²) in [4.78, 5) is 0.900. The molecule has 0 saturated carbocycles. The minimum absolute atomic E-state index is 0.274. The smallest absolute Gasteiger partial charge is 0.0968 e. The lowest BCUT2D eigenvalue weighted by Gasteiger charge is -2.24. The van der Waals surface area contributed by atoms with Gasteiger partial charge in [-0.05, 0) is 17.9 Å². The first kappa shape index (κ1) is 17.4. The molecule has 0 bridgehead atoms. The first-order chi connectivity index (χ1) is 9.70. The van der Waals surface area contributed by atoms with E-state index in [0.717, 1.165) is 24.1 Å². The molecule has 1 heterocycles. The van der Waals surface area contributed by atoms with E-state index in [0.29, 0.717) is 0 Å². The van der Waals surface area contributed by atoms with E-state index >= 15 is 0 Å². The fourth-order valence-corrected chi connectivity index (χ4v) is 3.24. The fourth-order valence-electron chi connectivity index (χ4n) is 2.47. The van der Waals surface area contributed by atoms with Gasteiger partial charge in [0.25, 0.3) is 0 Å². The number of hydrogen-bond acceptors (Lipinski definition) is 3. The molecule has 0 fully saturated rings. The Morgan fingerprint density at radius 2 is 1.90 bits per heavy atom. The van der Waals surface area contributed by atoms with Crippen molar-refractivity contribution >= 4 is 11.3 Å². The highest BCUT2D eigenvalue weighted by atomic mass is 32.1. The molecule has 2 nitrogen and oxygen atoms in total. The van der Waals surface area contributed by atoms with Crippen LogP contribution in [0, 0.1) is 5.92 Å². The molecule has 3 heteroatoms. The summed E-state index contributed by atoms with van der Waals surface area (Å²) in [6.45, 7) is 5.98. The van der Waals surface area contributed by atoms with Crippen LogP contribution in [-0.4, -0.2) is 16.3 Å². The summed E-state index contributed by atoms with van der Waals surface area (Å²) in [7, 11) is 0. The van der Waals surface area contributed by atoms with Gasteiger partial charge in [-0.1, -0.05) is 57.6 Å². The van der Waals surface area contributed by atoms with Crippen LogP contribution in [0.4, 0.5) is 0 Å². The number of aliphatic hydroxyl groups excluding tert-OH is 2. The minimum atomic E-state index is -0.636. The average molecular weight is 296 g/mol. The third-order valence-corrected chi connectivity index (χ3v) is 4.71. The van der Waals surface area contributed by atoms with Crippen LogP contribution in [0.2, 0.25) is 0 Å². The Balaban J connectivity index is 2.32. The second-order valence-corrected chi connectivity index (χ2v) is 6.38. The van der Waals surface area contributed by atoms with Crippen molar-refractivity contribution in [3.05, 3.63) is 35.0 Å². The second-order valence-electron chi connectivity index (χ2n) is 5.40. The zero-order valence-corrected chi connectivity index (χ0v) is 13.3. The van der Waals surface area contributed by atoms with Crippen molar-refractivity contribution in [2.24, 2.45) is 5.92 Å². The Morgan fingerprint density at radius 3 is 2.50 bits per heavy atom. The Hall–Kier alpha value is -0.640. The molecule has 20 heavy (non-hydrogen) atoms. The van der Waals surface area contributed by atoms with Gasteiger partial charge in [-0.25, -0.2) is 0 Å². The van der Waals surface area contributed by atoms with E-state index in [1.54, 1.807) is 6.08 Å². The monoisotopic (exact) mass is 296 g/mol. The lowest BCUT2D eigenvalue weighted by molar-refractivity contribution is 0.0321. The molecule has 0 aliphatic heterocycles. The van der Waals surface area contributed by atoms with Crippen LogP contribution in [0.3, 0.4) is 0 Å². The van der Waals surface area contributed by atoms with Crippen molar-refractivity contribution in [1.29, 1.82) is 0 Å². The number of unbranched alkanes of at least 4 members (excludes halogenated alkanes) is 5. The largest absolute Gasteiger partial charge is 0.392 e. The minimum Gasteiger partial charge on any atom is -0.392 e. The van der Waals surface area contributed by atoms with E-state index in [1.807, 2.05) is 17.5 Å². The molecule has 0 saturated heterocycles. The number of aliphatic hydroxyl groups is 2. The third kappa shape index (κ3) is 5.78. The van der Waals surface area contributed by atoms with Crippen molar-refractivity contribution in [2.75, 3.05) is 0 Å². The summed E-state index contributed by atoms with van der Waals surface area (Å²) >= 11 is 1.52. The van der Waals surface area contributed by atoms with Gasteiger partial charge in [-0.2, -0.15) is 0 Å². The van der Waals surface area contributed by atoms with Crippen LogP contribution in [0.1, 0.15) is 62.9 Å². The predicted octanol–water partition coefficient (Wildman–Crippen LogP) is 4.70. The van der Waals surface area contributed by atoms with Crippen LogP contribution in [-0.2, 0) is 0 Å². The number of rotatable bonds is 11. The van der Waals surface area contributed by atoms with Crippen molar-refractivity contribution in [3.63, 3.8) is 0 Å². The lowest BCUT2D eigenvalue weighted by Crippen LogP contribution is -2.24. The maximum absolute atomic E-state index is 10.3. The van der Waals surface area contributed by atoms with E-state index in [1.165, 1.54) is 37.0 Å². The van der Waals surface area contributed by atoms with Crippen LogP contribution < -0.4 is 0 Å². The number of thiophene rings is 1. The molecule has 0 aliphatic rings. The van der Waals surface area contributed by atoms with E-state index in [-0.39, 0.29) is 5.92 Å². The van der Waals surface area contributed by atoms with Crippen molar-refractivity contribution in [2.45, 2.75) is 64.1 Å². The normalized spacial score (nSPS) is 15.8. The van der Waals surface area contributed by atoms with Crippen molar-refractivity contribution in [3.8, 4) is 0 Å². The van der Waals surface area contributed by atoms with Gasteiger partial charge in [-0.15, -0.1) is 17.9 Å². The summed E-state index contributed by atoms with van der Waals surface area (Å²) in [5.41, 5.74) is 0. The molecule has 1 aromatic rings. The molecule has 0 aromatic carbocycles. The van der Waals surface area contributed by atoms with E-state index in [2.05, 4.69) is 13.5 Å². The van der Waals surface area contributed by atoms with Crippen molar-refractivity contribution in [1.82, 2.24) is 0 Å². The molecule has 0 amide bonds. The zero-order chi connectivity index (χ0) is 14.8. The summed E-state index contributed by atoms with van der Waals surface area (Å²) < 4.78 is 0. The molecule has 0 radical (unpaired) electrons. The van der Waals surface area contributed by atoms with Crippen molar-refractivity contribution < 1.29 is 10.2 Å². The standard InChI is InChI=1S/C17H28O2S/c1-3-5-6-7-8-9-11-15(18)14(4-2)17(19)16-12-10-13-20-16/h4,10,12-15,17-19H,2-3,5-9,11H2,1H3/t14-,15+,17-/m1/s1. The molecule has 0 unspecified atom stereocenters. The highest BCUT2D eigenvalue weighted by Gasteiger charge is 2.25. The molecule has 2 N–H and O–H groups in total. The first-order valence-electron chi connectivity index (χ1n) is 7.72. The van der Waals surface area contributed by atoms with Crippen LogP contribution >= 0.6 is 11.3 Å². The molecular weight excluding hydrogens is 268 g/mol. The van der Waals surface area contributed by atoms with Gasteiger partial charge in [0.2, 0.25) is 0 Å². The van der Waals surface area contributed by atoms with Crippen LogP contribution in [0.25, 0.3) is 0 Å². The Labute approximate surface area is 127 Å². The Bertz CT molecular complexity index is 348. The van der Waals surface area contributed by atoms with Crippen LogP contribution in [0.5, 0.6) is 0 Å². The van der Waals surface area contributed by atoms with Gasteiger partial charge in [-0.3, -0.25) is 0 Å². The van der Waals surface area contributed by atoms with Gasteiger partial charge in [0.15, 0.2) is 0 Å².